The summed E-state index contributed by atoms with van der Waals surface area (Å²) in [5.41, 5.74) is 0. The van der Waals surface area contributed by atoms with E-state index in [9.17, 15) is 0 Å². The number of benzene rings is 1. The molecule has 0 saturated heterocycles. The molecule has 2 bridgehead atoms. The van der Waals surface area contributed by atoms with Gasteiger partial charge in [0.1, 0.15) is 0 Å². The lowest BCUT2D eigenvalue weighted by molar-refractivity contribution is -0.00195. The second kappa shape index (κ2) is 3.16. The molecule has 4 rings (SSSR count). The maximum atomic E-state index is 5.90. The Balaban J connectivity index is 1.56. The Labute approximate surface area is 95.6 Å². The van der Waals surface area contributed by atoms with Crippen LogP contribution in [-0.4, -0.2) is 6.29 Å². The van der Waals surface area contributed by atoms with Gasteiger partial charge in [0, 0.05) is 5.92 Å². The molecule has 1 radical (unpaired) electrons. The highest BCUT2D eigenvalue weighted by molar-refractivity contribution is 5.42. The van der Waals surface area contributed by atoms with Crippen LogP contribution in [0.15, 0.2) is 24.3 Å². The summed E-state index contributed by atoms with van der Waals surface area (Å²) in [4.78, 5) is 0. The molecule has 2 saturated carbocycles. The van der Waals surface area contributed by atoms with Gasteiger partial charge in [0.25, 0.3) is 0 Å². The van der Waals surface area contributed by atoms with E-state index in [1.165, 1.54) is 25.7 Å². The molecule has 2 unspecified atom stereocenters. The van der Waals surface area contributed by atoms with Crippen molar-refractivity contribution in [1.82, 2.24) is 0 Å². The Kier molecular flexibility index (Phi) is 1.76. The van der Waals surface area contributed by atoms with Crippen LogP contribution in [0.5, 0.6) is 11.5 Å². The number of fused-ring (bicyclic) bond motifs is 3. The Hall–Kier alpha value is -1.18. The second-order valence-corrected chi connectivity index (χ2v) is 5.16. The van der Waals surface area contributed by atoms with Gasteiger partial charge in [-0.05, 0) is 49.7 Å². The van der Waals surface area contributed by atoms with E-state index < -0.39 is 0 Å². The molecule has 1 aromatic rings. The van der Waals surface area contributed by atoms with Crippen molar-refractivity contribution in [2.45, 2.75) is 32.0 Å². The second-order valence-electron chi connectivity index (χ2n) is 5.16. The van der Waals surface area contributed by atoms with Crippen LogP contribution in [0.3, 0.4) is 0 Å². The average Bonchev–Trinajstić information content (AvgIpc) is 3.02. The first-order valence-corrected chi connectivity index (χ1v) is 6.17. The van der Waals surface area contributed by atoms with Crippen molar-refractivity contribution in [3.8, 4) is 11.5 Å². The van der Waals surface area contributed by atoms with E-state index in [1.807, 2.05) is 24.3 Å². The molecular formula is C14H15O2. The molecule has 2 fully saturated rings. The Morgan fingerprint density at radius 3 is 2.38 bits per heavy atom. The number of ether oxygens (including phenoxy) is 2. The molecule has 1 aliphatic heterocycles. The molecule has 0 aromatic heterocycles. The highest BCUT2D eigenvalue weighted by Crippen LogP contribution is 2.53. The fourth-order valence-electron chi connectivity index (χ4n) is 3.42. The molecule has 2 aliphatic carbocycles. The fourth-order valence-corrected chi connectivity index (χ4v) is 3.42. The molecule has 2 heteroatoms. The molecule has 0 N–H and O–H groups in total. The maximum Gasteiger partial charge on any atom is 0.244 e. The normalized spacial score (nSPS) is 32.5. The van der Waals surface area contributed by atoms with Gasteiger partial charge in [-0.3, -0.25) is 0 Å². The third kappa shape index (κ3) is 1.19. The SMILES string of the molecule is c1ccc2c(c1)OC(C1CC3CC[C]1C3)O2. The first kappa shape index (κ1) is 8.91. The lowest BCUT2D eigenvalue weighted by atomic mass is 9.88. The van der Waals surface area contributed by atoms with E-state index in [0.29, 0.717) is 5.92 Å². The monoisotopic (exact) mass is 215 g/mol. The van der Waals surface area contributed by atoms with Crippen LogP contribution in [0.25, 0.3) is 0 Å². The molecule has 2 nitrogen and oxygen atoms in total. The zero-order chi connectivity index (χ0) is 10.5. The summed E-state index contributed by atoms with van der Waals surface area (Å²) in [5.74, 6) is 4.97. The maximum absolute atomic E-state index is 5.90. The van der Waals surface area contributed by atoms with Gasteiger partial charge in [-0.1, -0.05) is 12.1 Å². The predicted molar refractivity (Wildman–Crippen MR) is 60.2 cm³/mol. The molecule has 16 heavy (non-hydrogen) atoms. The van der Waals surface area contributed by atoms with Gasteiger partial charge in [0.15, 0.2) is 11.5 Å². The van der Waals surface area contributed by atoms with Gasteiger partial charge < -0.3 is 9.47 Å². The first-order valence-electron chi connectivity index (χ1n) is 6.17. The zero-order valence-electron chi connectivity index (χ0n) is 9.19. The number of hydrogen-bond donors (Lipinski definition) is 0. The number of rotatable bonds is 1. The zero-order valence-corrected chi connectivity index (χ0v) is 9.19. The van der Waals surface area contributed by atoms with Crippen molar-refractivity contribution < 1.29 is 9.47 Å². The highest BCUT2D eigenvalue weighted by Gasteiger charge is 2.47. The Morgan fingerprint density at radius 2 is 1.81 bits per heavy atom. The van der Waals surface area contributed by atoms with Gasteiger partial charge in [-0.15, -0.1) is 0 Å². The molecular weight excluding hydrogens is 200 g/mol. The van der Waals surface area contributed by atoms with E-state index >= 15 is 0 Å². The smallest absolute Gasteiger partial charge is 0.244 e. The molecule has 3 aliphatic rings. The predicted octanol–water partition coefficient (Wildman–Crippen LogP) is 3.18. The summed E-state index contributed by atoms with van der Waals surface area (Å²) in [6.45, 7) is 0. The Morgan fingerprint density at radius 1 is 1.06 bits per heavy atom. The third-order valence-electron chi connectivity index (χ3n) is 4.20. The average molecular weight is 215 g/mol. The van der Waals surface area contributed by atoms with E-state index in [-0.39, 0.29) is 6.29 Å². The summed E-state index contributed by atoms with van der Waals surface area (Å²) < 4.78 is 11.8. The van der Waals surface area contributed by atoms with Crippen molar-refractivity contribution >= 4 is 0 Å². The minimum absolute atomic E-state index is 0.0438. The molecule has 2 atom stereocenters. The summed E-state index contributed by atoms with van der Waals surface area (Å²) in [7, 11) is 0. The van der Waals surface area contributed by atoms with Crippen LogP contribution in [0.1, 0.15) is 25.7 Å². The highest BCUT2D eigenvalue weighted by atomic mass is 16.7. The lowest BCUT2D eigenvalue weighted by Crippen LogP contribution is -2.31. The van der Waals surface area contributed by atoms with E-state index in [2.05, 4.69) is 0 Å². The summed E-state index contributed by atoms with van der Waals surface area (Å²) in [5, 5.41) is 0. The van der Waals surface area contributed by atoms with Crippen LogP contribution in [0.2, 0.25) is 0 Å². The van der Waals surface area contributed by atoms with Crippen molar-refractivity contribution in [2.24, 2.45) is 11.8 Å². The summed E-state index contributed by atoms with van der Waals surface area (Å²) in [6, 6.07) is 7.98. The topological polar surface area (TPSA) is 18.5 Å². The molecule has 83 valence electrons. The number of para-hydroxylation sites is 2. The van der Waals surface area contributed by atoms with E-state index in [1.54, 1.807) is 5.92 Å². The summed E-state index contributed by atoms with van der Waals surface area (Å²) >= 11 is 0. The van der Waals surface area contributed by atoms with E-state index in [0.717, 1.165) is 17.4 Å². The fraction of sp³-hybridized carbons (Fsp3) is 0.500. The minimum atomic E-state index is -0.0438. The third-order valence-corrected chi connectivity index (χ3v) is 4.20. The van der Waals surface area contributed by atoms with Crippen molar-refractivity contribution in [1.29, 1.82) is 0 Å². The van der Waals surface area contributed by atoms with Gasteiger partial charge in [-0.2, -0.15) is 0 Å². The molecule has 0 spiro atoms. The van der Waals surface area contributed by atoms with E-state index in [4.69, 9.17) is 9.47 Å². The first-order chi connectivity index (χ1) is 7.90. The minimum Gasteiger partial charge on any atom is -0.451 e. The van der Waals surface area contributed by atoms with Gasteiger partial charge in [0.2, 0.25) is 6.29 Å². The standard InChI is InChI=1S/C14H15O2/c1-2-4-13-12(3-1)15-14(16-13)11-8-9-5-6-10(11)7-9/h1-4,9,11,14H,5-8H2. The van der Waals surface area contributed by atoms with Crippen LogP contribution < -0.4 is 9.47 Å². The van der Waals surface area contributed by atoms with Crippen LogP contribution in [0, 0.1) is 17.8 Å². The van der Waals surface area contributed by atoms with Crippen LogP contribution >= 0.6 is 0 Å². The van der Waals surface area contributed by atoms with Gasteiger partial charge in [-0.25, -0.2) is 0 Å². The van der Waals surface area contributed by atoms with Gasteiger partial charge >= 0.3 is 0 Å². The molecule has 1 heterocycles. The van der Waals surface area contributed by atoms with Crippen molar-refractivity contribution in [2.75, 3.05) is 0 Å². The van der Waals surface area contributed by atoms with Gasteiger partial charge in [0.05, 0.1) is 0 Å². The van der Waals surface area contributed by atoms with Crippen molar-refractivity contribution in [3.05, 3.63) is 30.2 Å². The lowest BCUT2D eigenvalue weighted by Gasteiger charge is -2.25. The molecule has 1 aromatic carbocycles. The summed E-state index contributed by atoms with van der Waals surface area (Å²) in [6.07, 6.45) is 5.25. The van der Waals surface area contributed by atoms with Crippen LogP contribution in [-0.2, 0) is 0 Å². The van der Waals surface area contributed by atoms with Crippen LogP contribution in [0.4, 0.5) is 0 Å². The Bertz CT molecular complexity index is 390. The molecule has 0 amide bonds. The van der Waals surface area contributed by atoms with Crippen molar-refractivity contribution in [3.63, 3.8) is 0 Å². The number of hydrogen-bond acceptors (Lipinski definition) is 2. The largest absolute Gasteiger partial charge is 0.451 e. The quantitative estimate of drug-likeness (QED) is 0.716.